The summed E-state index contributed by atoms with van der Waals surface area (Å²) in [6.07, 6.45) is 0.740. The first kappa shape index (κ1) is 22.9. The molecule has 2 aliphatic heterocycles. The number of quaternary nitrogens is 1. The van der Waals surface area contributed by atoms with Crippen molar-refractivity contribution in [2.45, 2.75) is 33.2 Å². The van der Waals surface area contributed by atoms with Crippen LogP contribution in [0.2, 0.25) is 0 Å². The van der Waals surface area contributed by atoms with E-state index in [-0.39, 0.29) is 11.3 Å². The van der Waals surface area contributed by atoms with Crippen LogP contribution < -0.4 is 14.4 Å². The molecule has 1 atom stereocenters. The number of aliphatic hydroxyl groups is 1. The van der Waals surface area contributed by atoms with Crippen LogP contribution in [0.3, 0.4) is 0 Å². The number of fused-ring (bicyclic) bond motifs is 1. The van der Waals surface area contributed by atoms with E-state index in [0.717, 1.165) is 26.1 Å². The van der Waals surface area contributed by atoms with Crippen molar-refractivity contribution in [3.63, 3.8) is 0 Å². The standard InChI is InChI=1S/C25H30N2O6/c1-4-26(5-2)11-6-12-27-22(19-9-7-16(3)33-19)21(24(29)25(27)30)23(28)17-8-10-18-20(15-17)32-14-13-31-18/h7-10,15,22,28H,4-6,11-14H2,1-3H3/p+1/b23-21-/t22-/m1/s1. The van der Waals surface area contributed by atoms with Crippen LogP contribution >= 0.6 is 0 Å². The Kier molecular flexibility index (Phi) is 6.74. The molecule has 33 heavy (non-hydrogen) atoms. The molecule has 1 amide bonds. The predicted octanol–water partition coefficient (Wildman–Crippen LogP) is 2.10. The summed E-state index contributed by atoms with van der Waals surface area (Å²) in [6, 6.07) is 7.75. The number of benzene rings is 1. The fourth-order valence-electron chi connectivity index (χ4n) is 4.46. The fraction of sp³-hybridized carbons (Fsp3) is 0.440. The second-order valence-corrected chi connectivity index (χ2v) is 8.36. The molecule has 2 N–H and O–H groups in total. The summed E-state index contributed by atoms with van der Waals surface area (Å²) in [5.41, 5.74) is 0.416. The molecule has 1 aromatic carbocycles. The summed E-state index contributed by atoms with van der Waals surface area (Å²) in [5.74, 6) is 0.617. The molecule has 0 saturated carbocycles. The van der Waals surface area contributed by atoms with Crippen molar-refractivity contribution < 1.29 is 33.5 Å². The van der Waals surface area contributed by atoms with Gasteiger partial charge in [-0.15, -0.1) is 0 Å². The maximum Gasteiger partial charge on any atom is 0.295 e. The molecule has 1 fully saturated rings. The highest BCUT2D eigenvalue weighted by molar-refractivity contribution is 6.46. The Labute approximate surface area is 193 Å². The van der Waals surface area contributed by atoms with E-state index in [2.05, 4.69) is 13.8 Å². The third-order valence-electron chi connectivity index (χ3n) is 6.32. The molecule has 0 aliphatic carbocycles. The Morgan fingerprint density at radius 3 is 2.48 bits per heavy atom. The van der Waals surface area contributed by atoms with Crippen molar-refractivity contribution in [2.24, 2.45) is 0 Å². The Bertz CT molecular complexity index is 1070. The van der Waals surface area contributed by atoms with Gasteiger partial charge in [0, 0.05) is 18.5 Å². The zero-order valence-electron chi connectivity index (χ0n) is 19.3. The quantitative estimate of drug-likeness (QED) is 0.360. The largest absolute Gasteiger partial charge is 0.507 e. The van der Waals surface area contributed by atoms with Crippen molar-refractivity contribution in [3.05, 3.63) is 53.0 Å². The summed E-state index contributed by atoms with van der Waals surface area (Å²) >= 11 is 0. The van der Waals surface area contributed by atoms with Gasteiger partial charge in [-0.2, -0.15) is 0 Å². The van der Waals surface area contributed by atoms with Gasteiger partial charge in [0.05, 0.1) is 25.2 Å². The zero-order chi connectivity index (χ0) is 23.5. The Hall–Kier alpha value is -3.26. The first-order valence-corrected chi connectivity index (χ1v) is 11.5. The zero-order valence-corrected chi connectivity index (χ0v) is 19.3. The summed E-state index contributed by atoms with van der Waals surface area (Å²) in [7, 11) is 0. The van der Waals surface area contributed by atoms with Crippen LogP contribution in [0.1, 0.15) is 43.4 Å². The third kappa shape index (κ3) is 4.48. The van der Waals surface area contributed by atoms with Gasteiger partial charge in [-0.25, -0.2) is 0 Å². The molecule has 3 heterocycles. The molecule has 8 nitrogen and oxygen atoms in total. The van der Waals surface area contributed by atoms with Crippen LogP contribution in [-0.2, 0) is 9.59 Å². The molecule has 176 valence electrons. The molecule has 0 unspecified atom stereocenters. The number of hydrogen-bond acceptors (Lipinski definition) is 6. The normalized spacial score (nSPS) is 19.5. The number of hydrogen-bond donors (Lipinski definition) is 2. The second-order valence-electron chi connectivity index (χ2n) is 8.36. The minimum absolute atomic E-state index is 0.0289. The van der Waals surface area contributed by atoms with Crippen molar-refractivity contribution >= 4 is 17.4 Å². The highest BCUT2D eigenvalue weighted by Crippen LogP contribution is 2.41. The van der Waals surface area contributed by atoms with E-state index in [9.17, 15) is 14.7 Å². The summed E-state index contributed by atoms with van der Waals surface area (Å²) < 4.78 is 17.0. The average molecular weight is 456 g/mol. The number of likely N-dealkylation sites (tertiary alicyclic amines) is 1. The number of Topliss-reactive ketones (excluding diaryl/α,β-unsaturated/α-hetero) is 1. The van der Waals surface area contributed by atoms with Crippen molar-refractivity contribution in [1.82, 2.24) is 4.90 Å². The van der Waals surface area contributed by atoms with Gasteiger partial charge < -0.3 is 28.8 Å². The Morgan fingerprint density at radius 1 is 1.09 bits per heavy atom. The van der Waals surface area contributed by atoms with E-state index in [0.29, 0.717) is 48.3 Å². The summed E-state index contributed by atoms with van der Waals surface area (Å²) in [6.45, 7) is 10.2. The average Bonchev–Trinajstić information content (AvgIpc) is 3.37. The molecule has 2 aliphatic rings. The first-order valence-electron chi connectivity index (χ1n) is 11.5. The van der Waals surface area contributed by atoms with Gasteiger partial charge in [0.25, 0.3) is 11.7 Å². The third-order valence-corrected chi connectivity index (χ3v) is 6.32. The molecule has 2 aromatic rings. The van der Waals surface area contributed by atoms with Crippen molar-refractivity contribution in [3.8, 4) is 11.5 Å². The van der Waals surface area contributed by atoms with Crippen LogP contribution in [0.4, 0.5) is 0 Å². The summed E-state index contributed by atoms with van der Waals surface area (Å²) in [5, 5.41) is 11.2. The number of nitrogens with zero attached hydrogens (tertiary/aromatic N) is 1. The second kappa shape index (κ2) is 9.70. The van der Waals surface area contributed by atoms with E-state index < -0.39 is 17.7 Å². The van der Waals surface area contributed by atoms with Crippen molar-refractivity contribution in [1.29, 1.82) is 0 Å². The molecule has 0 spiro atoms. The van der Waals surface area contributed by atoms with Gasteiger partial charge >= 0.3 is 0 Å². The topological polar surface area (TPSA) is 93.7 Å². The van der Waals surface area contributed by atoms with Gasteiger partial charge in [-0.05, 0) is 51.1 Å². The Morgan fingerprint density at radius 2 is 1.82 bits per heavy atom. The molecule has 0 bridgehead atoms. The van der Waals surface area contributed by atoms with Crippen molar-refractivity contribution in [2.75, 3.05) is 39.4 Å². The molecule has 8 heteroatoms. The van der Waals surface area contributed by atoms with Crippen LogP contribution in [-0.4, -0.2) is 61.1 Å². The molecule has 1 saturated heterocycles. The highest BCUT2D eigenvalue weighted by atomic mass is 16.6. The maximum atomic E-state index is 13.1. The lowest BCUT2D eigenvalue weighted by Crippen LogP contribution is -3.11. The molecule has 0 radical (unpaired) electrons. The molecule has 4 rings (SSSR count). The van der Waals surface area contributed by atoms with Crippen LogP contribution in [0.5, 0.6) is 11.5 Å². The van der Waals surface area contributed by atoms with E-state index in [1.165, 1.54) is 9.80 Å². The smallest absolute Gasteiger partial charge is 0.295 e. The lowest BCUT2D eigenvalue weighted by Gasteiger charge is -2.24. The van der Waals surface area contributed by atoms with Gasteiger partial charge in [-0.1, -0.05) is 0 Å². The number of amides is 1. The van der Waals surface area contributed by atoms with E-state index in [1.807, 2.05) is 0 Å². The van der Waals surface area contributed by atoms with Gasteiger partial charge in [0.2, 0.25) is 0 Å². The number of nitrogens with one attached hydrogen (secondary N) is 1. The number of aliphatic hydroxyl groups excluding tert-OH is 1. The van der Waals surface area contributed by atoms with Crippen LogP contribution in [0, 0.1) is 6.92 Å². The van der Waals surface area contributed by atoms with Crippen LogP contribution in [0.25, 0.3) is 5.76 Å². The monoisotopic (exact) mass is 455 g/mol. The first-order chi connectivity index (χ1) is 15.9. The highest BCUT2D eigenvalue weighted by Gasteiger charge is 2.47. The lowest BCUT2D eigenvalue weighted by molar-refractivity contribution is -0.896. The lowest BCUT2D eigenvalue weighted by atomic mass is 9.99. The molecular weight excluding hydrogens is 424 g/mol. The number of rotatable bonds is 8. The fourth-order valence-corrected chi connectivity index (χ4v) is 4.46. The number of furan rings is 1. The van der Waals surface area contributed by atoms with Gasteiger partial charge in [-0.3, -0.25) is 9.59 Å². The number of ketones is 1. The molecule has 1 aromatic heterocycles. The maximum absolute atomic E-state index is 13.1. The van der Waals surface area contributed by atoms with E-state index in [1.54, 1.807) is 37.3 Å². The minimum atomic E-state index is -0.779. The van der Waals surface area contributed by atoms with Gasteiger partial charge in [0.1, 0.15) is 36.5 Å². The van der Waals surface area contributed by atoms with Gasteiger partial charge in [0.15, 0.2) is 11.5 Å². The van der Waals surface area contributed by atoms with E-state index in [4.69, 9.17) is 13.9 Å². The molecular formula is C25H31N2O6+. The number of carbonyl (C=O) groups is 2. The predicted molar refractivity (Wildman–Crippen MR) is 121 cm³/mol. The number of carbonyl (C=O) groups excluding carboxylic acids is 2. The van der Waals surface area contributed by atoms with E-state index >= 15 is 0 Å². The SMILES string of the molecule is CC[NH+](CC)CCCN1C(=O)C(=O)/C(=C(\O)c2ccc3c(c2)OCCO3)[C@H]1c1ccc(C)o1. The van der Waals surface area contributed by atoms with Crippen LogP contribution in [0.15, 0.2) is 40.3 Å². The summed E-state index contributed by atoms with van der Waals surface area (Å²) in [4.78, 5) is 29.1. The minimum Gasteiger partial charge on any atom is -0.507 e. The Balaban J connectivity index is 1.71. The number of aryl methyl sites for hydroxylation is 1. The number of ether oxygens (including phenoxy) is 2.